The number of methoxy groups -OCH3 is 1. The summed E-state index contributed by atoms with van der Waals surface area (Å²) >= 11 is 0. The monoisotopic (exact) mass is 394 g/mol. The summed E-state index contributed by atoms with van der Waals surface area (Å²) in [6.45, 7) is 14.4. The van der Waals surface area contributed by atoms with Gasteiger partial charge in [0.1, 0.15) is 22.7 Å². The van der Waals surface area contributed by atoms with Gasteiger partial charge in [-0.05, 0) is 58.8 Å². The molecular weight excluding hydrogens is 364 g/mol. The molecule has 0 spiro atoms. The number of hydrogen-bond acceptors (Lipinski definition) is 4. The zero-order valence-corrected chi connectivity index (χ0v) is 18.2. The maximum atomic E-state index is 12.2. The van der Waals surface area contributed by atoms with Crippen LogP contribution in [-0.2, 0) is 5.41 Å². The summed E-state index contributed by atoms with van der Waals surface area (Å²) in [4.78, 5) is 12.2. The Morgan fingerprint density at radius 2 is 2.03 bits per heavy atom. The normalized spacial score (nSPS) is 16.5. The van der Waals surface area contributed by atoms with Crippen LogP contribution in [0.3, 0.4) is 0 Å². The molecule has 2 heterocycles. The molecule has 3 rings (SSSR count). The number of ether oxygens (including phenoxy) is 2. The third-order valence-corrected chi connectivity index (χ3v) is 5.48. The van der Waals surface area contributed by atoms with Gasteiger partial charge in [-0.1, -0.05) is 24.6 Å². The summed E-state index contributed by atoms with van der Waals surface area (Å²) in [6, 6.07) is 3.18. The molecule has 4 nitrogen and oxygen atoms in total. The number of hydrogen-bond donors (Lipinski definition) is 0. The second kappa shape index (κ2) is 7.58. The van der Waals surface area contributed by atoms with Crippen LogP contribution >= 0.6 is 0 Å². The minimum atomic E-state index is -0.489. The molecule has 1 aromatic heterocycles. The first-order valence-corrected chi connectivity index (χ1v) is 9.95. The van der Waals surface area contributed by atoms with E-state index in [4.69, 9.17) is 13.9 Å². The summed E-state index contributed by atoms with van der Waals surface area (Å²) in [7, 11) is 1.62. The fourth-order valence-corrected chi connectivity index (χ4v) is 3.83. The van der Waals surface area contributed by atoms with E-state index < -0.39 is 16.6 Å². The first-order chi connectivity index (χ1) is 13.6. The lowest BCUT2D eigenvalue weighted by Gasteiger charge is -2.35. The Morgan fingerprint density at radius 3 is 2.66 bits per heavy atom. The van der Waals surface area contributed by atoms with E-state index in [1.54, 1.807) is 13.2 Å². The van der Waals surface area contributed by atoms with Gasteiger partial charge in [-0.2, -0.15) is 0 Å². The third kappa shape index (κ3) is 3.89. The molecule has 0 bridgehead atoms. The standard InChI is InChI=1S/C25H30O4/c1-8-25(6,14-9-10-16(2)3)20-22-17(11-12-19(26)28-22)21(27-7)18-13-15-24(4,5)29-23(18)20/h8,10-13,15H,1,9,14H2,2-7H3. The average Bonchev–Trinajstić information content (AvgIpc) is 2.64. The van der Waals surface area contributed by atoms with Crippen LogP contribution in [0.5, 0.6) is 11.5 Å². The molecule has 29 heavy (non-hydrogen) atoms. The zero-order chi connectivity index (χ0) is 21.4. The molecule has 0 amide bonds. The average molecular weight is 395 g/mol. The van der Waals surface area contributed by atoms with Gasteiger partial charge in [-0.25, -0.2) is 4.79 Å². The first kappa shape index (κ1) is 21.0. The van der Waals surface area contributed by atoms with E-state index >= 15 is 0 Å². The van der Waals surface area contributed by atoms with Crippen molar-refractivity contribution in [3.63, 3.8) is 0 Å². The van der Waals surface area contributed by atoms with E-state index in [2.05, 4.69) is 33.4 Å². The minimum Gasteiger partial charge on any atom is -0.495 e. The lowest BCUT2D eigenvalue weighted by Crippen LogP contribution is -2.31. The molecular formula is C25H30O4. The van der Waals surface area contributed by atoms with Crippen LogP contribution in [0.2, 0.25) is 0 Å². The molecule has 1 unspecified atom stereocenters. The van der Waals surface area contributed by atoms with Crippen LogP contribution in [0.4, 0.5) is 0 Å². The van der Waals surface area contributed by atoms with Gasteiger partial charge in [0.05, 0.1) is 18.1 Å². The molecule has 0 N–H and O–H groups in total. The largest absolute Gasteiger partial charge is 0.495 e. The van der Waals surface area contributed by atoms with Crippen molar-refractivity contribution in [3.05, 3.63) is 64.1 Å². The molecule has 0 saturated heterocycles. The fraction of sp³-hybridized carbons (Fsp3) is 0.400. The van der Waals surface area contributed by atoms with Crippen molar-refractivity contribution in [2.45, 2.75) is 58.5 Å². The molecule has 154 valence electrons. The SMILES string of the molecule is C=CC(C)(CCC=C(C)C)c1c2c(c(OC)c3ccc(=O)oc13)C=CC(C)(C)O2. The smallest absolute Gasteiger partial charge is 0.336 e. The highest BCUT2D eigenvalue weighted by molar-refractivity contribution is 5.95. The topological polar surface area (TPSA) is 48.7 Å². The van der Waals surface area contributed by atoms with Crippen molar-refractivity contribution in [1.29, 1.82) is 0 Å². The third-order valence-electron chi connectivity index (χ3n) is 5.48. The van der Waals surface area contributed by atoms with Crippen LogP contribution in [0.1, 0.15) is 58.6 Å². The Bertz CT molecular complexity index is 1060. The Hall–Kier alpha value is -2.75. The van der Waals surface area contributed by atoms with Crippen molar-refractivity contribution in [2.24, 2.45) is 0 Å². The van der Waals surface area contributed by atoms with Gasteiger partial charge in [-0.15, -0.1) is 6.58 Å². The van der Waals surface area contributed by atoms with E-state index in [1.807, 2.05) is 32.1 Å². The van der Waals surface area contributed by atoms with Crippen molar-refractivity contribution in [1.82, 2.24) is 0 Å². The lowest BCUT2D eigenvalue weighted by atomic mass is 9.75. The lowest BCUT2D eigenvalue weighted by molar-refractivity contribution is 0.154. The molecule has 1 aromatic carbocycles. The molecule has 0 fully saturated rings. The molecule has 0 saturated carbocycles. The molecule has 2 aromatic rings. The van der Waals surface area contributed by atoms with E-state index in [0.29, 0.717) is 17.1 Å². The number of fused-ring (bicyclic) bond motifs is 2. The Kier molecular flexibility index (Phi) is 5.48. The van der Waals surface area contributed by atoms with Crippen molar-refractivity contribution in [3.8, 4) is 11.5 Å². The highest BCUT2D eigenvalue weighted by Gasteiger charge is 2.37. The van der Waals surface area contributed by atoms with Crippen molar-refractivity contribution >= 4 is 17.0 Å². The van der Waals surface area contributed by atoms with Gasteiger partial charge in [0.15, 0.2) is 0 Å². The maximum absolute atomic E-state index is 12.2. The zero-order valence-electron chi connectivity index (χ0n) is 18.2. The van der Waals surface area contributed by atoms with Gasteiger partial charge in [-0.3, -0.25) is 0 Å². The van der Waals surface area contributed by atoms with Crippen molar-refractivity contribution in [2.75, 3.05) is 7.11 Å². The van der Waals surface area contributed by atoms with Gasteiger partial charge >= 0.3 is 5.63 Å². The maximum Gasteiger partial charge on any atom is 0.336 e. The van der Waals surface area contributed by atoms with Gasteiger partial charge in [0.2, 0.25) is 0 Å². The highest BCUT2D eigenvalue weighted by Crippen LogP contribution is 2.50. The van der Waals surface area contributed by atoms with Crippen molar-refractivity contribution < 1.29 is 13.9 Å². The highest BCUT2D eigenvalue weighted by atomic mass is 16.5. The summed E-state index contributed by atoms with van der Waals surface area (Å²) in [6.07, 6.45) is 9.87. The number of benzene rings is 1. The van der Waals surface area contributed by atoms with Crippen LogP contribution < -0.4 is 15.1 Å². The van der Waals surface area contributed by atoms with Gasteiger partial charge in [0.25, 0.3) is 0 Å². The van der Waals surface area contributed by atoms with E-state index in [0.717, 1.165) is 29.4 Å². The summed E-state index contributed by atoms with van der Waals surface area (Å²) < 4.78 is 17.9. The number of rotatable bonds is 6. The molecule has 1 aliphatic heterocycles. The molecule has 0 aliphatic carbocycles. The molecule has 1 aliphatic rings. The second-order valence-electron chi connectivity index (χ2n) is 8.63. The quantitative estimate of drug-likeness (QED) is 0.434. The Balaban J connectivity index is 2.39. The van der Waals surface area contributed by atoms with Crippen LogP contribution in [0, 0.1) is 0 Å². The minimum absolute atomic E-state index is 0.401. The van der Waals surface area contributed by atoms with E-state index in [9.17, 15) is 4.79 Å². The fourth-order valence-electron chi connectivity index (χ4n) is 3.83. The Labute approximate surface area is 172 Å². The van der Waals surface area contributed by atoms with Crippen LogP contribution in [-0.4, -0.2) is 12.7 Å². The summed E-state index contributed by atoms with van der Waals surface area (Å²) in [5.74, 6) is 1.33. The van der Waals surface area contributed by atoms with Gasteiger partial charge in [0, 0.05) is 17.0 Å². The predicted octanol–water partition coefficient (Wildman–Crippen LogP) is 6.18. The van der Waals surface area contributed by atoms with Crippen LogP contribution in [0.15, 0.2) is 51.7 Å². The summed E-state index contributed by atoms with van der Waals surface area (Å²) in [5, 5.41) is 0.754. The number of allylic oxidation sites excluding steroid dienone is 3. The molecule has 0 radical (unpaired) electrons. The van der Waals surface area contributed by atoms with E-state index in [-0.39, 0.29) is 0 Å². The second-order valence-corrected chi connectivity index (χ2v) is 8.63. The predicted molar refractivity (Wildman–Crippen MR) is 119 cm³/mol. The first-order valence-electron chi connectivity index (χ1n) is 9.95. The van der Waals surface area contributed by atoms with E-state index in [1.165, 1.54) is 11.6 Å². The molecule has 4 heteroatoms. The summed E-state index contributed by atoms with van der Waals surface area (Å²) in [5.41, 5.74) is 2.12. The Morgan fingerprint density at radius 1 is 1.31 bits per heavy atom. The van der Waals surface area contributed by atoms with Gasteiger partial charge < -0.3 is 13.9 Å². The van der Waals surface area contributed by atoms with Crippen LogP contribution in [0.25, 0.3) is 17.0 Å². The molecule has 1 atom stereocenters.